The van der Waals surface area contributed by atoms with Gasteiger partial charge in [0.2, 0.25) is 0 Å². The molecule has 3 rings (SSSR count). The predicted molar refractivity (Wildman–Crippen MR) is 99.7 cm³/mol. The Kier molecular flexibility index (Phi) is 5.84. The Morgan fingerprint density at radius 2 is 1.96 bits per heavy atom. The number of carbonyl (C=O) groups excluding carboxylic acids is 1. The van der Waals surface area contributed by atoms with Crippen molar-refractivity contribution in [3.8, 4) is 17.2 Å². The average Bonchev–Trinajstić information content (AvgIpc) is 3.16. The van der Waals surface area contributed by atoms with Crippen LogP contribution in [0.1, 0.15) is 31.4 Å². The van der Waals surface area contributed by atoms with E-state index in [1.165, 1.54) is 12.1 Å². The molecule has 1 aliphatic rings. The molecular weight excluding hydrogens is 349 g/mol. The van der Waals surface area contributed by atoms with Crippen LogP contribution in [0.3, 0.4) is 0 Å². The Bertz CT molecular complexity index is 811. The van der Waals surface area contributed by atoms with Gasteiger partial charge in [0, 0.05) is 24.2 Å². The van der Waals surface area contributed by atoms with Gasteiger partial charge in [-0.15, -0.1) is 0 Å². The third-order valence-corrected chi connectivity index (χ3v) is 4.79. The zero-order valence-electron chi connectivity index (χ0n) is 15.8. The summed E-state index contributed by atoms with van der Waals surface area (Å²) < 4.78 is 29.8. The summed E-state index contributed by atoms with van der Waals surface area (Å²) in [7, 11) is 3.21. The maximum atomic E-state index is 13.3. The van der Waals surface area contributed by atoms with Crippen molar-refractivity contribution >= 4 is 5.91 Å². The predicted octanol–water partition coefficient (Wildman–Crippen LogP) is 3.97. The van der Waals surface area contributed by atoms with Crippen LogP contribution in [-0.4, -0.2) is 37.7 Å². The van der Waals surface area contributed by atoms with Crippen LogP contribution >= 0.6 is 0 Å². The average molecular weight is 373 g/mol. The molecule has 0 radical (unpaired) electrons. The molecule has 0 aliphatic carbocycles. The van der Waals surface area contributed by atoms with Gasteiger partial charge in [0.1, 0.15) is 23.1 Å². The Hall–Kier alpha value is -2.76. The largest absolute Gasteiger partial charge is 0.497 e. The van der Waals surface area contributed by atoms with Crippen LogP contribution in [-0.2, 0) is 4.79 Å². The second-order valence-electron chi connectivity index (χ2n) is 6.51. The first-order valence-electron chi connectivity index (χ1n) is 8.98. The SMILES string of the molecule is COc1ccc(C2CCCN2C(=O)C(C)Oc2cccc(F)c2)c(OC)c1. The van der Waals surface area contributed by atoms with Gasteiger partial charge in [0.25, 0.3) is 5.91 Å². The lowest BCUT2D eigenvalue weighted by atomic mass is 10.0. The molecule has 2 atom stereocenters. The van der Waals surface area contributed by atoms with E-state index in [4.69, 9.17) is 14.2 Å². The Morgan fingerprint density at radius 1 is 1.15 bits per heavy atom. The highest BCUT2D eigenvalue weighted by Crippen LogP contribution is 2.39. The summed E-state index contributed by atoms with van der Waals surface area (Å²) >= 11 is 0. The molecule has 5 nitrogen and oxygen atoms in total. The van der Waals surface area contributed by atoms with Crippen molar-refractivity contribution in [2.24, 2.45) is 0 Å². The molecule has 2 aromatic rings. The molecule has 1 aliphatic heterocycles. The number of methoxy groups -OCH3 is 2. The van der Waals surface area contributed by atoms with Gasteiger partial charge in [-0.2, -0.15) is 0 Å². The smallest absolute Gasteiger partial charge is 0.263 e. The molecule has 1 amide bonds. The molecule has 0 bridgehead atoms. The van der Waals surface area contributed by atoms with Crippen LogP contribution in [0.4, 0.5) is 4.39 Å². The van der Waals surface area contributed by atoms with E-state index in [1.54, 1.807) is 33.3 Å². The molecule has 0 spiro atoms. The van der Waals surface area contributed by atoms with Crippen LogP contribution in [0.2, 0.25) is 0 Å². The number of carbonyl (C=O) groups is 1. The number of benzene rings is 2. The van der Waals surface area contributed by atoms with Gasteiger partial charge in [-0.05, 0) is 44.0 Å². The van der Waals surface area contributed by atoms with E-state index in [0.29, 0.717) is 23.8 Å². The minimum Gasteiger partial charge on any atom is -0.497 e. The highest BCUT2D eigenvalue weighted by molar-refractivity contribution is 5.81. The van der Waals surface area contributed by atoms with E-state index in [0.717, 1.165) is 18.4 Å². The molecule has 1 saturated heterocycles. The monoisotopic (exact) mass is 373 g/mol. The zero-order chi connectivity index (χ0) is 19.4. The highest BCUT2D eigenvalue weighted by Gasteiger charge is 2.34. The maximum Gasteiger partial charge on any atom is 0.263 e. The van der Waals surface area contributed by atoms with E-state index in [1.807, 2.05) is 23.1 Å². The first-order valence-corrected chi connectivity index (χ1v) is 8.98. The van der Waals surface area contributed by atoms with Crippen LogP contribution in [0.15, 0.2) is 42.5 Å². The minimum absolute atomic E-state index is 0.0862. The topological polar surface area (TPSA) is 48.0 Å². The highest BCUT2D eigenvalue weighted by atomic mass is 19.1. The summed E-state index contributed by atoms with van der Waals surface area (Å²) in [5.41, 5.74) is 0.946. The fourth-order valence-corrected chi connectivity index (χ4v) is 3.48. The lowest BCUT2D eigenvalue weighted by molar-refractivity contribution is -0.139. The molecule has 0 saturated carbocycles. The van der Waals surface area contributed by atoms with Gasteiger partial charge in [0.05, 0.1) is 20.3 Å². The van der Waals surface area contributed by atoms with Crippen LogP contribution < -0.4 is 14.2 Å². The van der Waals surface area contributed by atoms with Crippen molar-refractivity contribution in [3.63, 3.8) is 0 Å². The number of hydrogen-bond donors (Lipinski definition) is 0. The van der Waals surface area contributed by atoms with E-state index in [9.17, 15) is 9.18 Å². The number of rotatable bonds is 6. The quantitative estimate of drug-likeness (QED) is 0.769. The molecule has 27 heavy (non-hydrogen) atoms. The van der Waals surface area contributed by atoms with Crippen LogP contribution in [0, 0.1) is 5.82 Å². The first kappa shape index (κ1) is 19.0. The normalized spacial score (nSPS) is 17.5. The summed E-state index contributed by atoms with van der Waals surface area (Å²) in [6.07, 6.45) is 1.04. The molecule has 2 unspecified atom stereocenters. The second-order valence-corrected chi connectivity index (χ2v) is 6.51. The number of amides is 1. The van der Waals surface area contributed by atoms with Crippen molar-refractivity contribution < 1.29 is 23.4 Å². The van der Waals surface area contributed by atoms with E-state index < -0.39 is 11.9 Å². The standard InChI is InChI=1S/C21H24FNO4/c1-14(27-17-7-4-6-15(22)12-17)21(24)23-11-5-8-19(23)18-10-9-16(25-2)13-20(18)26-3/h4,6-7,9-10,12-14,19H,5,8,11H2,1-3H3. The number of halogens is 1. The van der Waals surface area contributed by atoms with Crippen molar-refractivity contribution in [2.45, 2.75) is 31.9 Å². The van der Waals surface area contributed by atoms with E-state index >= 15 is 0 Å². The zero-order valence-corrected chi connectivity index (χ0v) is 15.8. The van der Waals surface area contributed by atoms with Gasteiger partial charge >= 0.3 is 0 Å². The number of likely N-dealkylation sites (tertiary alicyclic amines) is 1. The number of nitrogens with zero attached hydrogens (tertiary/aromatic N) is 1. The molecule has 1 fully saturated rings. The van der Waals surface area contributed by atoms with Crippen molar-refractivity contribution in [2.75, 3.05) is 20.8 Å². The van der Waals surface area contributed by atoms with Crippen LogP contribution in [0.25, 0.3) is 0 Å². The molecular formula is C21H24FNO4. The van der Waals surface area contributed by atoms with Crippen molar-refractivity contribution in [1.29, 1.82) is 0 Å². The summed E-state index contributed by atoms with van der Waals surface area (Å²) in [5, 5.41) is 0. The van der Waals surface area contributed by atoms with Gasteiger partial charge in [-0.1, -0.05) is 6.07 Å². The summed E-state index contributed by atoms with van der Waals surface area (Å²) in [6.45, 7) is 2.34. The first-order chi connectivity index (χ1) is 13.0. The second kappa shape index (κ2) is 8.29. The molecule has 0 aromatic heterocycles. The number of ether oxygens (including phenoxy) is 3. The fraction of sp³-hybridized carbons (Fsp3) is 0.381. The lowest BCUT2D eigenvalue weighted by Crippen LogP contribution is -2.40. The molecule has 6 heteroatoms. The summed E-state index contributed by atoms with van der Waals surface area (Å²) in [6, 6.07) is 11.4. The third kappa shape index (κ3) is 4.15. The Morgan fingerprint density at radius 3 is 2.67 bits per heavy atom. The number of hydrogen-bond acceptors (Lipinski definition) is 4. The van der Waals surface area contributed by atoms with Gasteiger partial charge in [0.15, 0.2) is 6.10 Å². The van der Waals surface area contributed by atoms with Gasteiger partial charge in [-0.3, -0.25) is 4.79 Å². The van der Waals surface area contributed by atoms with Crippen molar-refractivity contribution in [1.82, 2.24) is 4.90 Å². The van der Waals surface area contributed by atoms with E-state index in [2.05, 4.69) is 0 Å². The third-order valence-electron chi connectivity index (χ3n) is 4.79. The van der Waals surface area contributed by atoms with Crippen LogP contribution in [0.5, 0.6) is 17.2 Å². The minimum atomic E-state index is -0.711. The van der Waals surface area contributed by atoms with E-state index in [-0.39, 0.29) is 11.9 Å². The molecule has 1 heterocycles. The maximum absolute atomic E-state index is 13.3. The summed E-state index contributed by atoms with van der Waals surface area (Å²) in [5.74, 6) is 1.22. The van der Waals surface area contributed by atoms with Gasteiger partial charge in [-0.25, -0.2) is 4.39 Å². The molecule has 2 aromatic carbocycles. The summed E-state index contributed by atoms with van der Waals surface area (Å²) in [4.78, 5) is 14.8. The Balaban J connectivity index is 1.78. The van der Waals surface area contributed by atoms with Gasteiger partial charge < -0.3 is 19.1 Å². The Labute approximate surface area is 158 Å². The fourth-order valence-electron chi connectivity index (χ4n) is 3.48. The van der Waals surface area contributed by atoms with Crippen molar-refractivity contribution in [3.05, 3.63) is 53.8 Å². The molecule has 144 valence electrons. The lowest BCUT2D eigenvalue weighted by Gasteiger charge is -2.29. The molecule has 0 N–H and O–H groups in total.